The Morgan fingerprint density at radius 2 is 1.80 bits per heavy atom. The van der Waals surface area contributed by atoms with Crippen molar-refractivity contribution in [2.75, 3.05) is 7.05 Å². The summed E-state index contributed by atoms with van der Waals surface area (Å²) < 4.78 is 1.86. The minimum atomic E-state index is 0.399. The molecule has 1 heterocycles. The van der Waals surface area contributed by atoms with Crippen LogP contribution in [0.1, 0.15) is 48.9 Å². The molecular formula is C17H25N3. The second kappa shape index (κ2) is 6.71. The zero-order valence-electron chi connectivity index (χ0n) is 12.9. The lowest BCUT2D eigenvalue weighted by atomic mass is 9.96. The van der Waals surface area contributed by atoms with Gasteiger partial charge in [0.05, 0.1) is 6.20 Å². The third kappa shape index (κ3) is 3.70. The number of aromatic nitrogens is 2. The van der Waals surface area contributed by atoms with Gasteiger partial charge >= 0.3 is 0 Å². The number of hydrogen-bond donors (Lipinski definition) is 1. The largest absolute Gasteiger partial charge is 0.313 e. The Bertz CT molecular complexity index is 525. The third-order valence-electron chi connectivity index (χ3n) is 3.83. The summed E-state index contributed by atoms with van der Waals surface area (Å²) in [5.41, 5.74) is 4.06. The highest BCUT2D eigenvalue weighted by Gasteiger charge is 2.10. The van der Waals surface area contributed by atoms with E-state index in [1.807, 2.05) is 25.0 Å². The fourth-order valence-electron chi connectivity index (χ4n) is 2.50. The first-order valence-corrected chi connectivity index (χ1v) is 7.34. The van der Waals surface area contributed by atoms with Gasteiger partial charge in [-0.1, -0.05) is 38.1 Å². The first-order chi connectivity index (χ1) is 9.60. The maximum absolute atomic E-state index is 4.22. The fraction of sp³-hybridized carbons (Fsp3) is 0.471. The van der Waals surface area contributed by atoms with Crippen LogP contribution >= 0.6 is 0 Å². The van der Waals surface area contributed by atoms with Crippen molar-refractivity contribution in [3.8, 4) is 0 Å². The van der Waals surface area contributed by atoms with Gasteiger partial charge in [0.25, 0.3) is 0 Å². The minimum Gasteiger partial charge on any atom is -0.313 e. The van der Waals surface area contributed by atoms with Gasteiger partial charge in [-0.2, -0.15) is 5.10 Å². The van der Waals surface area contributed by atoms with Crippen molar-refractivity contribution in [2.24, 2.45) is 7.05 Å². The number of nitrogens with one attached hydrogen (secondary N) is 1. The number of nitrogens with zero attached hydrogens (tertiary/aromatic N) is 2. The van der Waals surface area contributed by atoms with Crippen LogP contribution in [0, 0.1) is 0 Å². The van der Waals surface area contributed by atoms with Gasteiger partial charge in [0.15, 0.2) is 0 Å². The van der Waals surface area contributed by atoms with E-state index >= 15 is 0 Å². The highest BCUT2D eigenvalue weighted by Crippen LogP contribution is 2.22. The maximum atomic E-state index is 4.22. The molecule has 0 saturated heterocycles. The van der Waals surface area contributed by atoms with Crippen LogP contribution in [0.15, 0.2) is 36.7 Å². The van der Waals surface area contributed by atoms with Gasteiger partial charge in [-0.15, -0.1) is 0 Å². The Hall–Kier alpha value is -1.61. The minimum absolute atomic E-state index is 0.399. The van der Waals surface area contributed by atoms with Crippen molar-refractivity contribution in [2.45, 2.75) is 38.6 Å². The number of benzene rings is 1. The van der Waals surface area contributed by atoms with E-state index < -0.39 is 0 Å². The van der Waals surface area contributed by atoms with Crippen LogP contribution in [0.5, 0.6) is 0 Å². The zero-order chi connectivity index (χ0) is 14.5. The molecule has 0 fully saturated rings. The molecule has 1 atom stereocenters. The molecule has 0 saturated carbocycles. The van der Waals surface area contributed by atoms with Crippen LogP contribution in [0.3, 0.4) is 0 Å². The lowest BCUT2D eigenvalue weighted by molar-refractivity contribution is 0.549. The summed E-state index contributed by atoms with van der Waals surface area (Å²) >= 11 is 0. The monoisotopic (exact) mass is 271 g/mol. The van der Waals surface area contributed by atoms with E-state index in [0.29, 0.717) is 12.0 Å². The summed E-state index contributed by atoms with van der Waals surface area (Å²) in [6.45, 7) is 4.46. The van der Waals surface area contributed by atoms with Crippen molar-refractivity contribution in [1.29, 1.82) is 0 Å². The standard InChI is InChI=1S/C17H25N3/c1-13(2)15-6-8-16(9-7-15)17(18-3)10-5-14-11-19-20(4)12-14/h6-9,11-13,17-18H,5,10H2,1-4H3. The summed E-state index contributed by atoms with van der Waals surface area (Å²) in [5.74, 6) is 0.590. The van der Waals surface area contributed by atoms with Crippen LogP contribution in [0.4, 0.5) is 0 Å². The van der Waals surface area contributed by atoms with Gasteiger partial charge in [-0.3, -0.25) is 4.68 Å². The summed E-state index contributed by atoms with van der Waals surface area (Å²) in [7, 11) is 3.99. The highest BCUT2D eigenvalue weighted by molar-refractivity contribution is 5.27. The Balaban J connectivity index is 2.00. The summed E-state index contributed by atoms with van der Waals surface area (Å²) in [6.07, 6.45) is 6.18. The molecule has 108 valence electrons. The van der Waals surface area contributed by atoms with Gasteiger partial charge in [-0.05, 0) is 42.5 Å². The molecule has 0 spiro atoms. The molecule has 3 nitrogen and oxygen atoms in total. The molecule has 0 aliphatic carbocycles. The molecule has 0 aliphatic rings. The van der Waals surface area contributed by atoms with Crippen LogP contribution < -0.4 is 5.32 Å². The van der Waals surface area contributed by atoms with E-state index in [1.54, 1.807) is 0 Å². The van der Waals surface area contributed by atoms with Crippen molar-refractivity contribution in [3.63, 3.8) is 0 Å². The van der Waals surface area contributed by atoms with Gasteiger partial charge in [-0.25, -0.2) is 0 Å². The molecule has 1 N–H and O–H groups in total. The molecule has 0 radical (unpaired) electrons. The van der Waals surface area contributed by atoms with Crippen LogP contribution in [0.25, 0.3) is 0 Å². The average Bonchev–Trinajstić information content (AvgIpc) is 2.86. The average molecular weight is 271 g/mol. The van der Waals surface area contributed by atoms with Crippen LogP contribution in [0.2, 0.25) is 0 Å². The lowest BCUT2D eigenvalue weighted by Crippen LogP contribution is -2.17. The highest BCUT2D eigenvalue weighted by atomic mass is 15.2. The molecule has 3 heteroatoms. The summed E-state index contributed by atoms with van der Waals surface area (Å²) in [6, 6.07) is 9.39. The third-order valence-corrected chi connectivity index (χ3v) is 3.83. The van der Waals surface area contributed by atoms with Gasteiger partial charge in [0, 0.05) is 19.3 Å². The van der Waals surface area contributed by atoms with Crippen LogP contribution in [-0.4, -0.2) is 16.8 Å². The Morgan fingerprint density at radius 3 is 2.30 bits per heavy atom. The molecule has 0 bridgehead atoms. The fourth-order valence-corrected chi connectivity index (χ4v) is 2.50. The predicted octanol–water partition coefficient (Wildman–Crippen LogP) is 3.44. The van der Waals surface area contributed by atoms with Crippen molar-refractivity contribution >= 4 is 0 Å². The molecular weight excluding hydrogens is 246 g/mol. The van der Waals surface area contributed by atoms with E-state index in [0.717, 1.165) is 12.8 Å². The number of rotatable bonds is 6. The molecule has 0 amide bonds. The molecule has 2 rings (SSSR count). The normalized spacial score (nSPS) is 12.8. The molecule has 1 unspecified atom stereocenters. The van der Waals surface area contributed by atoms with E-state index in [9.17, 15) is 0 Å². The molecule has 0 aliphatic heterocycles. The molecule has 2 aromatic rings. The van der Waals surface area contributed by atoms with Crippen molar-refractivity contribution in [1.82, 2.24) is 15.1 Å². The van der Waals surface area contributed by atoms with E-state index in [-0.39, 0.29) is 0 Å². The van der Waals surface area contributed by atoms with Gasteiger partial charge in [0.1, 0.15) is 0 Å². The number of aryl methyl sites for hydroxylation is 2. The molecule has 1 aromatic heterocycles. The predicted molar refractivity (Wildman–Crippen MR) is 83.9 cm³/mol. The van der Waals surface area contributed by atoms with E-state index in [4.69, 9.17) is 0 Å². The number of hydrogen-bond acceptors (Lipinski definition) is 2. The SMILES string of the molecule is CNC(CCc1cnn(C)c1)c1ccc(C(C)C)cc1. The van der Waals surface area contributed by atoms with Gasteiger partial charge in [0.2, 0.25) is 0 Å². The summed E-state index contributed by atoms with van der Waals surface area (Å²) in [5, 5.41) is 7.64. The topological polar surface area (TPSA) is 29.9 Å². The smallest absolute Gasteiger partial charge is 0.0521 e. The van der Waals surface area contributed by atoms with E-state index in [1.165, 1.54) is 16.7 Å². The van der Waals surface area contributed by atoms with E-state index in [2.05, 4.69) is 54.7 Å². The van der Waals surface area contributed by atoms with Crippen LogP contribution in [-0.2, 0) is 13.5 Å². The first kappa shape index (κ1) is 14.8. The first-order valence-electron chi connectivity index (χ1n) is 7.34. The molecule has 20 heavy (non-hydrogen) atoms. The van der Waals surface area contributed by atoms with Crippen molar-refractivity contribution < 1.29 is 0 Å². The summed E-state index contributed by atoms with van der Waals surface area (Å²) in [4.78, 5) is 0. The quantitative estimate of drug-likeness (QED) is 0.872. The Morgan fingerprint density at radius 1 is 1.15 bits per heavy atom. The second-order valence-electron chi connectivity index (χ2n) is 5.72. The maximum Gasteiger partial charge on any atom is 0.0521 e. The zero-order valence-corrected chi connectivity index (χ0v) is 12.9. The molecule has 1 aromatic carbocycles. The van der Waals surface area contributed by atoms with Crippen molar-refractivity contribution in [3.05, 3.63) is 53.3 Å². The second-order valence-corrected chi connectivity index (χ2v) is 5.72. The Kier molecular flexibility index (Phi) is 4.96. The Labute approximate surface area is 122 Å². The lowest BCUT2D eigenvalue weighted by Gasteiger charge is -2.17. The van der Waals surface area contributed by atoms with Gasteiger partial charge < -0.3 is 5.32 Å².